The maximum absolute atomic E-state index is 14.3. The maximum atomic E-state index is 14.3. The van der Waals surface area contributed by atoms with Crippen molar-refractivity contribution in [3.63, 3.8) is 0 Å². The van der Waals surface area contributed by atoms with Gasteiger partial charge >= 0.3 is 0 Å². The molecule has 0 saturated heterocycles. The largest absolute Gasteiger partial charge is 0.207 e. The first kappa shape index (κ1) is 19.2. The van der Waals surface area contributed by atoms with Crippen LogP contribution in [0.25, 0.3) is 0 Å². The minimum absolute atomic E-state index is 0.0482. The predicted molar refractivity (Wildman–Crippen MR) is 102 cm³/mol. The Labute approximate surface area is 163 Å². The van der Waals surface area contributed by atoms with E-state index in [1.807, 2.05) is 6.08 Å². The number of benzene rings is 2. The minimum atomic E-state index is -0.850. The molecule has 1 saturated carbocycles. The van der Waals surface area contributed by atoms with Crippen molar-refractivity contribution >= 4 is 0 Å². The number of allylic oxidation sites excluding steroid dienone is 1. The van der Waals surface area contributed by atoms with Crippen molar-refractivity contribution in [1.82, 2.24) is 0 Å². The molecule has 4 heteroatoms. The van der Waals surface area contributed by atoms with Crippen molar-refractivity contribution in [2.75, 3.05) is 0 Å². The number of hydrogen-bond donors (Lipinski definition) is 0. The van der Waals surface area contributed by atoms with Crippen LogP contribution in [-0.2, 0) is 6.42 Å². The van der Waals surface area contributed by atoms with E-state index in [1.54, 1.807) is 6.07 Å². The highest BCUT2D eigenvalue weighted by molar-refractivity contribution is 5.38. The molecule has 28 heavy (non-hydrogen) atoms. The Morgan fingerprint density at radius 2 is 1.75 bits per heavy atom. The van der Waals surface area contributed by atoms with Crippen LogP contribution in [0.2, 0.25) is 0 Å². The summed E-state index contributed by atoms with van der Waals surface area (Å²) in [6, 6.07) is 6.61. The Morgan fingerprint density at radius 1 is 0.929 bits per heavy atom. The van der Waals surface area contributed by atoms with E-state index >= 15 is 0 Å². The summed E-state index contributed by atoms with van der Waals surface area (Å²) < 4.78 is 55.7. The molecule has 148 valence electrons. The zero-order valence-corrected chi connectivity index (χ0v) is 15.7. The first-order valence-corrected chi connectivity index (χ1v) is 10.0. The van der Waals surface area contributed by atoms with E-state index in [2.05, 4.69) is 6.58 Å². The van der Waals surface area contributed by atoms with Gasteiger partial charge in [-0.1, -0.05) is 12.1 Å². The van der Waals surface area contributed by atoms with E-state index in [0.717, 1.165) is 49.3 Å². The molecule has 2 aliphatic rings. The van der Waals surface area contributed by atoms with Gasteiger partial charge in [0.15, 0.2) is 11.6 Å². The fourth-order valence-corrected chi connectivity index (χ4v) is 5.58. The summed E-state index contributed by atoms with van der Waals surface area (Å²) in [6.07, 6.45) is 6.77. The fraction of sp³-hybridized carbons (Fsp3) is 0.417. The summed E-state index contributed by atoms with van der Waals surface area (Å²) in [5, 5.41) is 0. The molecular weight excluding hydrogens is 364 g/mol. The molecule has 2 aromatic carbocycles. The highest BCUT2D eigenvalue weighted by atomic mass is 19.2. The normalized spacial score (nSPS) is 26.4. The first-order chi connectivity index (χ1) is 13.5. The van der Waals surface area contributed by atoms with Gasteiger partial charge in [-0.3, -0.25) is 0 Å². The molecule has 1 fully saturated rings. The Bertz CT molecular complexity index is 888. The van der Waals surface area contributed by atoms with Gasteiger partial charge in [0.25, 0.3) is 0 Å². The van der Waals surface area contributed by atoms with Gasteiger partial charge in [-0.05, 0) is 97.1 Å². The van der Waals surface area contributed by atoms with Crippen molar-refractivity contribution in [3.05, 3.63) is 82.9 Å². The van der Waals surface area contributed by atoms with Crippen LogP contribution in [-0.4, -0.2) is 0 Å². The molecule has 2 aromatic rings. The van der Waals surface area contributed by atoms with Crippen molar-refractivity contribution in [1.29, 1.82) is 0 Å². The summed E-state index contributed by atoms with van der Waals surface area (Å²) in [5.74, 6) is -2.11. The monoisotopic (exact) mass is 388 g/mol. The van der Waals surface area contributed by atoms with E-state index in [9.17, 15) is 17.6 Å². The Morgan fingerprint density at radius 3 is 2.50 bits per heavy atom. The topological polar surface area (TPSA) is 0 Å². The third-order valence-electron chi connectivity index (χ3n) is 6.73. The van der Waals surface area contributed by atoms with Crippen LogP contribution in [0.15, 0.2) is 43.0 Å². The third kappa shape index (κ3) is 3.38. The third-order valence-corrected chi connectivity index (χ3v) is 6.73. The van der Waals surface area contributed by atoms with E-state index in [1.165, 1.54) is 18.2 Å². The van der Waals surface area contributed by atoms with Gasteiger partial charge in [0.05, 0.1) is 0 Å². The van der Waals surface area contributed by atoms with Gasteiger partial charge < -0.3 is 0 Å². The van der Waals surface area contributed by atoms with Crippen molar-refractivity contribution in [3.8, 4) is 0 Å². The number of rotatable bonds is 4. The molecule has 0 aliphatic heterocycles. The van der Waals surface area contributed by atoms with Crippen LogP contribution in [0, 0.1) is 35.1 Å². The molecular formula is C24H24F4. The zero-order valence-electron chi connectivity index (χ0n) is 15.7. The molecule has 0 amide bonds. The maximum Gasteiger partial charge on any atom is 0.159 e. The number of fused-ring (bicyclic) bond motifs is 3. The van der Waals surface area contributed by atoms with Gasteiger partial charge in [0.2, 0.25) is 0 Å². The molecule has 0 heterocycles. The fourth-order valence-electron chi connectivity index (χ4n) is 5.58. The lowest BCUT2D eigenvalue weighted by Crippen LogP contribution is -2.35. The smallest absolute Gasteiger partial charge is 0.159 e. The van der Waals surface area contributed by atoms with Crippen molar-refractivity contribution in [2.24, 2.45) is 11.8 Å². The highest BCUT2D eigenvalue weighted by Gasteiger charge is 2.43. The first-order valence-electron chi connectivity index (χ1n) is 10.0. The number of halogens is 4. The second-order valence-electron chi connectivity index (χ2n) is 8.17. The molecule has 0 radical (unpaired) electrons. The van der Waals surface area contributed by atoms with Crippen molar-refractivity contribution in [2.45, 2.75) is 50.4 Å². The van der Waals surface area contributed by atoms with Gasteiger partial charge in [-0.25, -0.2) is 17.6 Å². The average Bonchev–Trinajstić information content (AvgIpc) is 2.67. The Hall–Kier alpha value is -2.10. The summed E-state index contributed by atoms with van der Waals surface area (Å²) in [5.41, 5.74) is 2.18. The lowest BCUT2D eigenvalue weighted by Gasteiger charge is -2.47. The standard InChI is InChI=1S/C24H24F4/c1-2-3-4-14-5-7-17-19(24(14)15-6-10-21(26)23(28)11-15)9-8-18-20(17)12-16(25)13-22(18)27/h2,6,10-14,17,19,24H,1,3-5,7-9H2. The lowest BCUT2D eigenvalue weighted by molar-refractivity contribution is 0.160. The Kier molecular flexibility index (Phi) is 5.31. The molecule has 0 spiro atoms. The molecule has 2 aliphatic carbocycles. The van der Waals surface area contributed by atoms with Crippen LogP contribution >= 0.6 is 0 Å². The second kappa shape index (κ2) is 7.73. The summed E-state index contributed by atoms with van der Waals surface area (Å²) in [7, 11) is 0. The average molecular weight is 388 g/mol. The molecule has 0 N–H and O–H groups in total. The highest BCUT2D eigenvalue weighted by Crippen LogP contribution is 2.55. The van der Waals surface area contributed by atoms with E-state index in [-0.39, 0.29) is 17.8 Å². The molecule has 0 nitrogen and oxygen atoms in total. The van der Waals surface area contributed by atoms with Crippen LogP contribution in [0.5, 0.6) is 0 Å². The second-order valence-corrected chi connectivity index (χ2v) is 8.17. The SMILES string of the molecule is C=CCCC1CCC2c3cc(F)cc(F)c3CCC2C1c1ccc(F)c(F)c1. The van der Waals surface area contributed by atoms with E-state index < -0.39 is 23.3 Å². The molecule has 4 atom stereocenters. The lowest BCUT2D eigenvalue weighted by atomic mass is 9.57. The van der Waals surface area contributed by atoms with Crippen LogP contribution in [0.1, 0.15) is 60.6 Å². The summed E-state index contributed by atoms with van der Waals surface area (Å²) >= 11 is 0. The van der Waals surface area contributed by atoms with Crippen LogP contribution in [0.3, 0.4) is 0 Å². The van der Waals surface area contributed by atoms with Gasteiger partial charge in [-0.15, -0.1) is 6.58 Å². The van der Waals surface area contributed by atoms with Crippen molar-refractivity contribution < 1.29 is 17.6 Å². The predicted octanol–water partition coefficient (Wildman–Crippen LogP) is 7.05. The van der Waals surface area contributed by atoms with E-state index in [4.69, 9.17) is 0 Å². The number of hydrogen-bond acceptors (Lipinski definition) is 0. The van der Waals surface area contributed by atoms with Crippen LogP contribution < -0.4 is 0 Å². The molecule has 4 rings (SSSR count). The molecule has 4 unspecified atom stereocenters. The van der Waals surface area contributed by atoms with E-state index in [0.29, 0.717) is 17.9 Å². The Balaban J connectivity index is 1.75. The zero-order chi connectivity index (χ0) is 19.8. The molecule has 0 aromatic heterocycles. The van der Waals surface area contributed by atoms with Gasteiger partial charge in [-0.2, -0.15) is 0 Å². The van der Waals surface area contributed by atoms with Gasteiger partial charge in [0, 0.05) is 6.07 Å². The molecule has 0 bridgehead atoms. The quantitative estimate of drug-likeness (QED) is 0.389. The van der Waals surface area contributed by atoms with Crippen LogP contribution in [0.4, 0.5) is 17.6 Å². The summed E-state index contributed by atoms with van der Waals surface area (Å²) in [6.45, 7) is 3.81. The van der Waals surface area contributed by atoms with Gasteiger partial charge in [0.1, 0.15) is 11.6 Å². The minimum Gasteiger partial charge on any atom is -0.207 e. The summed E-state index contributed by atoms with van der Waals surface area (Å²) in [4.78, 5) is 0.